The predicted molar refractivity (Wildman–Crippen MR) is 85.9 cm³/mol. The fourth-order valence-electron chi connectivity index (χ4n) is 2.87. The van der Waals surface area contributed by atoms with Crippen molar-refractivity contribution in [3.05, 3.63) is 30.2 Å². The van der Waals surface area contributed by atoms with Crippen molar-refractivity contribution in [2.75, 3.05) is 5.88 Å². The fourth-order valence-corrected chi connectivity index (χ4v) is 4.46. The average molecular weight is 355 g/mol. The second kappa shape index (κ2) is 5.21. The summed E-state index contributed by atoms with van der Waals surface area (Å²) in [5.41, 5.74) is 0.538. The van der Waals surface area contributed by atoms with Crippen LogP contribution >= 0.6 is 11.6 Å². The van der Waals surface area contributed by atoms with Gasteiger partial charge in [0, 0.05) is 12.3 Å². The minimum Gasteiger partial charge on any atom is -0.440 e. The maximum atomic E-state index is 12.6. The molecule has 2 aromatic rings. The molecule has 0 bridgehead atoms. The van der Waals surface area contributed by atoms with Crippen molar-refractivity contribution in [1.29, 1.82) is 0 Å². The van der Waals surface area contributed by atoms with Gasteiger partial charge >= 0.3 is 0 Å². The summed E-state index contributed by atoms with van der Waals surface area (Å²) in [5.74, 6) is 0.361. The lowest BCUT2D eigenvalue weighted by Crippen LogP contribution is -2.35. The third kappa shape index (κ3) is 2.61. The highest BCUT2D eigenvalue weighted by Crippen LogP contribution is 2.47. The number of nitrogens with zero attached hydrogens (tertiary/aromatic N) is 2. The molecule has 1 atom stereocenters. The molecule has 23 heavy (non-hydrogen) atoms. The van der Waals surface area contributed by atoms with Gasteiger partial charge in [-0.15, -0.1) is 11.6 Å². The number of alkyl halides is 1. The minimum atomic E-state index is -3.64. The van der Waals surface area contributed by atoms with Crippen LogP contribution in [0.5, 0.6) is 0 Å². The summed E-state index contributed by atoms with van der Waals surface area (Å²) in [6.45, 7) is 0. The fraction of sp³-hybridized carbons (Fsp3) is 0.467. The Morgan fingerprint density at radius 2 is 2.09 bits per heavy atom. The normalized spacial score (nSPS) is 24.7. The second-order valence-corrected chi connectivity index (χ2v) is 8.32. The van der Waals surface area contributed by atoms with E-state index in [0.717, 1.165) is 12.8 Å². The number of benzene rings is 1. The molecule has 4 rings (SSSR count). The van der Waals surface area contributed by atoms with E-state index in [1.807, 2.05) is 12.1 Å². The van der Waals surface area contributed by atoms with E-state index in [-0.39, 0.29) is 29.0 Å². The molecule has 1 unspecified atom stereocenters. The molecule has 0 radical (unpaired) electrons. The van der Waals surface area contributed by atoms with Crippen LogP contribution in [0, 0.1) is 5.92 Å². The van der Waals surface area contributed by atoms with E-state index in [9.17, 15) is 8.42 Å². The first kappa shape index (κ1) is 15.0. The molecule has 2 aliphatic rings. The van der Waals surface area contributed by atoms with E-state index in [1.54, 1.807) is 12.1 Å². The molecule has 2 heterocycles. The van der Waals surface area contributed by atoms with E-state index < -0.39 is 15.4 Å². The largest absolute Gasteiger partial charge is 0.440 e. The first-order valence-electron chi connectivity index (χ1n) is 7.41. The Morgan fingerprint density at radius 1 is 1.30 bits per heavy atom. The van der Waals surface area contributed by atoms with Gasteiger partial charge in [-0.3, -0.25) is 0 Å². The predicted octanol–water partition coefficient (Wildman–Crippen LogP) is 2.86. The zero-order chi connectivity index (χ0) is 16.1. The van der Waals surface area contributed by atoms with Crippen molar-refractivity contribution in [1.82, 2.24) is 4.98 Å². The van der Waals surface area contributed by atoms with Crippen LogP contribution in [-0.4, -0.2) is 29.9 Å². The lowest BCUT2D eigenvalue weighted by molar-refractivity contribution is -0.0180. The Bertz CT molecular complexity index is 855. The maximum Gasteiger partial charge on any atom is 0.211 e. The molecule has 8 heteroatoms. The molecule has 0 N–H and O–H groups in total. The van der Waals surface area contributed by atoms with E-state index in [0.29, 0.717) is 17.0 Å². The number of halogens is 1. The van der Waals surface area contributed by atoms with Crippen LogP contribution in [0.4, 0.5) is 0 Å². The second-order valence-electron chi connectivity index (χ2n) is 6.06. The van der Waals surface area contributed by atoms with Gasteiger partial charge in [0.25, 0.3) is 0 Å². The Balaban J connectivity index is 1.56. The third-order valence-electron chi connectivity index (χ3n) is 4.34. The number of hydrogen-bond acceptors (Lipinski definition) is 6. The van der Waals surface area contributed by atoms with E-state index in [1.165, 1.54) is 0 Å². The molecule has 0 spiro atoms. The zero-order valence-corrected chi connectivity index (χ0v) is 13.8. The van der Waals surface area contributed by atoms with Crippen LogP contribution in [-0.2, 0) is 20.4 Å². The SMILES string of the molecule is O=S(=O)(Cc1nc2ccccc2o1)C1=NOC(CCl)(C2CC2)C1. The highest BCUT2D eigenvalue weighted by molar-refractivity contribution is 8.05. The first-order chi connectivity index (χ1) is 11.0. The number of aromatic nitrogens is 1. The van der Waals surface area contributed by atoms with Gasteiger partial charge in [-0.25, -0.2) is 13.4 Å². The summed E-state index contributed by atoms with van der Waals surface area (Å²) >= 11 is 6.00. The van der Waals surface area contributed by atoms with Gasteiger partial charge in [0.05, 0.1) is 5.88 Å². The van der Waals surface area contributed by atoms with Crippen molar-refractivity contribution < 1.29 is 17.7 Å². The molecule has 1 aromatic heterocycles. The monoisotopic (exact) mass is 354 g/mol. The number of para-hydroxylation sites is 2. The van der Waals surface area contributed by atoms with Gasteiger partial charge in [0.15, 0.2) is 16.2 Å². The van der Waals surface area contributed by atoms with E-state index in [2.05, 4.69) is 10.1 Å². The zero-order valence-electron chi connectivity index (χ0n) is 12.2. The van der Waals surface area contributed by atoms with Crippen LogP contribution in [0.3, 0.4) is 0 Å². The number of rotatable bonds is 4. The molecule has 0 saturated heterocycles. The van der Waals surface area contributed by atoms with Crippen molar-refractivity contribution >= 4 is 37.6 Å². The Kier molecular flexibility index (Phi) is 3.39. The molecule has 1 fully saturated rings. The van der Waals surface area contributed by atoms with Crippen molar-refractivity contribution in [2.45, 2.75) is 30.6 Å². The lowest BCUT2D eigenvalue weighted by atomic mass is 9.97. The first-order valence-corrected chi connectivity index (χ1v) is 9.59. The number of sulfone groups is 1. The summed E-state index contributed by atoms with van der Waals surface area (Å²) < 4.78 is 30.6. The highest BCUT2D eigenvalue weighted by Gasteiger charge is 2.53. The molecule has 1 aromatic carbocycles. The smallest absolute Gasteiger partial charge is 0.211 e. The van der Waals surface area contributed by atoms with Crippen molar-refractivity contribution in [3.8, 4) is 0 Å². The number of oxime groups is 1. The Labute approximate surface area is 138 Å². The topological polar surface area (TPSA) is 81.8 Å². The standard InChI is InChI=1S/C15H15ClN2O4S/c16-9-15(10-5-6-10)7-14(18-22-15)23(19,20)8-13-17-11-3-1-2-4-12(11)21-13/h1-4,10H,5-9H2. The van der Waals surface area contributed by atoms with E-state index in [4.69, 9.17) is 20.9 Å². The van der Waals surface area contributed by atoms with Crippen LogP contribution in [0.2, 0.25) is 0 Å². The van der Waals surface area contributed by atoms with Crippen LogP contribution < -0.4 is 0 Å². The van der Waals surface area contributed by atoms with Gasteiger partial charge in [-0.05, 0) is 25.0 Å². The molecule has 0 amide bonds. The number of oxazole rings is 1. The van der Waals surface area contributed by atoms with Gasteiger partial charge in [0.1, 0.15) is 11.3 Å². The summed E-state index contributed by atoms with van der Waals surface area (Å²) in [6, 6.07) is 7.16. The lowest BCUT2D eigenvalue weighted by Gasteiger charge is -2.23. The number of fused-ring (bicyclic) bond motifs is 1. The van der Waals surface area contributed by atoms with Crippen molar-refractivity contribution in [2.24, 2.45) is 11.1 Å². The van der Waals surface area contributed by atoms with Gasteiger partial charge < -0.3 is 9.25 Å². The third-order valence-corrected chi connectivity index (χ3v) is 6.35. The summed E-state index contributed by atoms with van der Waals surface area (Å²) in [5, 5.41) is 3.85. The van der Waals surface area contributed by atoms with Gasteiger partial charge in [-0.2, -0.15) is 0 Å². The van der Waals surface area contributed by atoms with Crippen LogP contribution in [0.1, 0.15) is 25.2 Å². The van der Waals surface area contributed by atoms with Gasteiger partial charge in [-0.1, -0.05) is 17.3 Å². The van der Waals surface area contributed by atoms with Crippen LogP contribution in [0.25, 0.3) is 11.1 Å². The summed E-state index contributed by atoms with van der Waals surface area (Å²) in [4.78, 5) is 9.64. The minimum absolute atomic E-state index is 0.0345. The molecule has 1 aliphatic heterocycles. The quantitative estimate of drug-likeness (QED) is 0.788. The molecular weight excluding hydrogens is 340 g/mol. The summed E-state index contributed by atoms with van der Waals surface area (Å²) in [6.07, 6.45) is 2.23. The summed E-state index contributed by atoms with van der Waals surface area (Å²) in [7, 11) is -3.64. The molecule has 1 saturated carbocycles. The molecular formula is C15H15ClN2O4S. The van der Waals surface area contributed by atoms with Gasteiger partial charge in [0.2, 0.25) is 15.7 Å². The molecule has 122 valence electrons. The average Bonchev–Trinajstić information content (AvgIpc) is 3.16. The van der Waals surface area contributed by atoms with Crippen LogP contribution in [0.15, 0.2) is 33.8 Å². The Hall–Kier alpha value is -1.60. The maximum absolute atomic E-state index is 12.6. The molecule has 1 aliphatic carbocycles. The Morgan fingerprint density at radius 3 is 2.78 bits per heavy atom. The van der Waals surface area contributed by atoms with E-state index >= 15 is 0 Å². The van der Waals surface area contributed by atoms with Crippen molar-refractivity contribution in [3.63, 3.8) is 0 Å². The highest BCUT2D eigenvalue weighted by atomic mass is 35.5. The number of hydrogen-bond donors (Lipinski definition) is 0. The molecule has 6 nitrogen and oxygen atoms in total.